The zero-order valence-corrected chi connectivity index (χ0v) is 10.7. The molecule has 2 aromatic rings. The molecule has 0 amide bonds. The van der Waals surface area contributed by atoms with Gasteiger partial charge in [-0.2, -0.15) is 0 Å². The molecule has 2 aromatic heterocycles. The number of rotatable bonds is 2. The van der Waals surface area contributed by atoms with Crippen molar-refractivity contribution < 1.29 is 36.9 Å². The molecule has 0 bridgehead atoms. The molecule has 0 N–H and O–H groups in total. The number of aromatic carboxylic acids is 2. The van der Waals surface area contributed by atoms with E-state index in [-0.39, 0.29) is 28.2 Å². The van der Waals surface area contributed by atoms with Gasteiger partial charge in [-0.3, -0.25) is 9.97 Å². The van der Waals surface area contributed by atoms with Crippen molar-refractivity contribution in [3.8, 4) is 0 Å². The summed E-state index contributed by atoms with van der Waals surface area (Å²) < 4.78 is 0. The summed E-state index contributed by atoms with van der Waals surface area (Å²) >= 11 is 0. The first-order chi connectivity index (χ1) is 8.61. The van der Waals surface area contributed by atoms with E-state index in [4.69, 9.17) is 0 Å². The van der Waals surface area contributed by atoms with Crippen LogP contribution in [0.3, 0.4) is 0 Å². The van der Waals surface area contributed by atoms with Crippen molar-refractivity contribution in [1.82, 2.24) is 9.97 Å². The topological polar surface area (TPSA) is 106 Å². The number of carbonyl (C=O) groups is 2. The second-order valence-electron chi connectivity index (χ2n) is 3.06. The Morgan fingerprint density at radius 1 is 0.842 bits per heavy atom. The van der Waals surface area contributed by atoms with Crippen LogP contribution in [0.15, 0.2) is 49.1 Å². The minimum absolute atomic E-state index is 0. The Kier molecular flexibility index (Phi) is 7.76. The Labute approximate surface area is 119 Å². The quantitative estimate of drug-likeness (QED) is 0.651. The first-order valence-corrected chi connectivity index (χ1v) is 4.84. The first-order valence-electron chi connectivity index (χ1n) is 4.84. The number of hydrogen-bond acceptors (Lipinski definition) is 6. The maximum Gasteiger partial charge on any atom is 2.00 e. The van der Waals surface area contributed by atoms with Gasteiger partial charge in [0.15, 0.2) is 0 Å². The van der Waals surface area contributed by atoms with Gasteiger partial charge in [-0.05, 0) is 12.1 Å². The van der Waals surface area contributed by atoms with E-state index in [1.807, 2.05) is 0 Å². The summed E-state index contributed by atoms with van der Waals surface area (Å²) in [6.45, 7) is 0. The maximum atomic E-state index is 10.0. The predicted molar refractivity (Wildman–Crippen MR) is 57.1 cm³/mol. The smallest absolute Gasteiger partial charge is 0.545 e. The summed E-state index contributed by atoms with van der Waals surface area (Å²) in [7, 11) is 0. The number of carboxylic acid groups (broad SMARTS) is 2. The number of aromatic nitrogens is 2. The number of carbonyl (C=O) groups excluding carboxylic acids is 2. The predicted octanol–water partition coefficient (Wildman–Crippen LogP) is -1.11. The Balaban J connectivity index is 0.000000324. The van der Waals surface area contributed by atoms with Gasteiger partial charge in [-0.1, -0.05) is 12.1 Å². The van der Waals surface area contributed by atoms with Crippen molar-refractivity contribution in [3.05, 3.63) is 60.2 Å². The van der Waals surface area contributed by atoms with E-state index in [0.717, 1.165) is 0 Å². The summed E-state index contributed by atoms with van der Waals surface area (Å²) in [6.07, 6.45) is 5.50. The van der Waals surface area contributed by atoms with E-state index in [2.05, 4.69) is 9.97 Å². The average molecular weight is 299 g/mol. The van der Waals surface area contributed by atoms with Crippen LogP contribution in [-0.4, -0.2) is 21.9 Å². The number of hydrogen-bond donors (Lipinski definition) is 0. The molecule has 0 saturated heterocycles. The minimum Gasteiger partial charge on any atom is -0.545 e. The fraction of sp³-hybridized carbons (Fsp3) is 0. The summed E-state index contributed by atoms with van der Waals surface area (Å²) in [5.74, 6) is -2.38. The van der Waals surface area contributed by atoms with Gasteiger partial charge in [0.05, 0.1) is 11.9 Å². The van der Waals surface area contributed by atoms with Crippen LogP contribution in [0.5, 0.6) is 0 Å². The fourth-order valence-electron chi connectivity index (χ4n) is 0.967. The molecule has 0 aliphatic heterocycles. The van der Waals surface area contributed by atoms with Gasteiger partial charge < -0.3 is 19.8 Å². The van der Waals surface area contributed by atoms with Crippen LogP contribution in [0.1, 0.15) is 20.7 Å². The molecule has 0 saturated carbocycles. The largest absolute Gasteiger partial charge is 2.00 e. The second kappa shape index (κ2) is 8.79. The van der Waals surface area contributed by atoms with E-state index in [1.165, 1.54) is 36.9 Å². The van der Waals surface area contributed by atoms with Crippen LogP contribution in [0.25, 0.3) is 0 Å². The summed E-state index contributed by atoms with van der Waals surface area (Å²) in [5, 5.41) is 20.1. The molecule has 7 heteroatoms. The van der Waals surface area contributed by atoms with Crippen molar-refractivity contribution in [2.45, 2.75) is 0 Å². The van der Waals surface area contributed by atoms with Crippen LogP contribution in [0, 0.1) is 0 Å². The van der Waals surface area contributed by atoms with Crippen molar-refractivity contribution in [2.75, 3.05) is 0 Å². The van der Waals surface area contributed by atoms with E-state index < -0.39 is 11.9 Å². The van der Waals surface area contributed by atoms with Crippen molar-refractivity contribution in [2.24, 2.45) is 0 Å². The zero-order chi connectivity index (χ0) is 13.4. The normalized spacial score (nSPS) is 8.42. The molecule has 1 radical (unpaired) electrons. The van der Waals surface area contributed by atoms with Crippen LogP contribution in [-0.2, 0) is 17.1 Å². The zero-order valence-electron chi connectivity index (χ0n) is 9.52. The average Bonchev–Trinajstić information content (AvgIpc) is 2.41. The molecule has 2 rings (SSSR count). The molecule has 0 fully saturated rings. The fourth-order valence-corrected chi connectivity index (χ4v) is 0.967. The van der Waals surface area contributed by atoms with Crippen molar-refractivity contribution in [1.29, 1.82) is 0 Å². The van der Waals surface area contributed by atoms with E-state index in [0.29, 0.717) is 0 Å². The Morgan fingerprint density at radius 2 is 1.21 bits per heavy atom. The van der Waals surface area contributed by atoms with Crippen molar-refractivity contribution >= 4 is 11.9 Å². The summed E-state index contributed by atoms with van der Waals surface area (Å²) in [4.78, 5) is 27.3. The van der Waals surface area contributed by atoms with Crippen LogP contribution >= 0.6 is 0 Å². The second-order valence-corrected chi connectivity index (χ2v) is 3.06. The minimum atomic E-state index is -1.19. The number of pyridine rings is 2. The molecular weight excluding hydrogens is 291 g/mol. The summed E-state index contributed by atoms with van der Waals surface area (Å²) in [5.41, 5.74) is 0.218. The standard InChI is InChI=1S/2C6H5NO2.Mn/c2*8-6(9)5-2-1-3-7-4-5;/h2*1-4H,(H,8,9);/q;;+2/p-2. The van der Waals surface area contributed by atoms with E-state index in [1.54, 1.807) is 12.1 Å². The van der Waals surface area contributed by atoms with E-state index >= 15 is 0 Å². The van der Waals surface area contributed by atoms with Crippen molar-refractivity contribution in [3.63, 3.8) is 0 Å². The molecule has 19 heavy (non-hydrogen) atoms. The number of carboxylic acids is 2. The monoisotopic (exact) mass is 299 g/mol. The van der Waals surface area contributed by atoms with Crippen LogP contribution < -0.4 is 10.2 Å². The first kappa shape index (κ1) is 16.8. The van der Waals surface area contributed by atoms with Gasteiger partial charge in [-0.15, -0.1) is 0 Å². The van der Waals surface area contributed by atoms with Gasteiger partial charge in [0.2, 0.25) is 0 Å². The van der Waals surface area contributed by atoms with Gasteiger partial charge in [0, 0.05) is 35.9 Å². The third-order valence-electron chi connectivity index (χ3n) is 1.79. The molecule has 0 atom stereocenters. The maximum absolute atomic E-state index is 10.0. The molecular formula is C12H8MnN2O4. The van der Waals surface area contributed by atoms with Crippen LogP contribution in [0.2, 0.25) is 0 Å². The number of nitrogens with zero attached hydrogens (tertiary/aromatic N) is 2. The molecule has 0 unspecified atom stereocenters. The van der Waals surface area contributed by atoms with Gasteiger partial charge in [-0.25, -0.2) is 0 Å². The summed E-state index contributed by atoms with van der Waals surface area (Å²) in [6, 6.07) is 5.96. The molecule has 0 spiro atoms. The van der Waals surface area contributed by atoms with Gasteiger partial charge in [0.1, 0.15) is 0 Å². The van der Waals surface area contributed by atoms with Crippen LogP contribution in [0.4, 0.5) is 0 Å². The Hall–Kier alpha value is -2.24. The Bertz CT molecular complexity index is 470. The molecule has 0 aliphatic carbocycles. The third-order valence-corrected chi connectivity index (χ3v) is 1.79. The Morgan fingerprint density at radius 3 is 1.37 bits per heavy atom. The van der Waals surface area contributed by atoms with Gasteiger partial charge in [0.25, 0.3) is 0 Å². The molecule has 2 heterocycles. The molecule has 6 nitrogen and oxygen atoms in total. The third kappa shape index (κ3) is 6.30. The molecule has 0 aliphatic rings. The van der Waals surface area contributed by atoms with E-state index in [9.17, 15) is 19.8 Å². The SMILES string of the molecule is O=C([O-])c1cccnc1.O=C([O-])c1cccnc1.[Mn+2]. The molecule has 97 valence electrons. The van der Waals surface area contributed by atoms with Gasteiger partial charge >= 0.3 is 17.1 Å². The molecule has 0 aromatic carbocycles.